The van der Waals surface area contributed by atoms with Gasteiger partial charge in [0, 0.05) is 6.04 Å². The molecule has 2 nitrogen and oxygen atoms in total. The van der Waals surface area contributed by atoms with Crippen molar-refractivity contribution in [2.45, 2.75) is 52.5 Å². The van der Waals surface area contributed by atoms with E-state index in [2.05, 4.69) is 26.1 Å². The number of rotatable bonds is 10. The summed E-state index contributed by atoms with van der Waals surface area (Å²) in [5, 5.41) is 3.58. The van der Waals surface area contributed by atoms with Crippen LogP contribution in [0.1, 0.15) is 46.5 Å². The summed E-state index contributed by atoms with van der Waals surface area (Å²) in [7, 11) is 0. The van der Waals surface area contributed by atoms with Crippen molar-refractivity contribution < 1.29 is 4.74 Å². The lowest BCUT2D eigenvalue weighted by Crippen LogP contribution is -2.32. The zero-order valence-electron chi connectivity index (χ0n) is 12.7. The van der Waals surface area contributed by atoms with Crippen LogP contribution in [-0.4, -0.2) is 19.2 Å². The number of nitrogens with one attached hydrogen (secondary N) is 1. The van der Waals surface area contributed by atoms with Crippen molar-refractivity contribution in [1.29, 1.82) is 0 Å². The zero-order valence-corrected chi connectivity index (χ0v) is 12.7. The predicted molar refractivity (Wildman–Crippen MR) is 82.7 cm³/mol. The number of hydrogen-bond donors (Lipinski definition) is 1. The molecule has 1 aromatic rings. The molecule has 0 amide bonds. The molecule has 0 saturated heterocycles. The van der Waals surface area contributed by atoms with Gasteiger partial charge in [-0.05, 0) is 37.4 Å². The topological polar surface area (TPSA) is 21.3 Å². The lowest BCUT2D eigenvalue weighted by Gasteiger charge is -2.21. The minimum absolute atomic E-state index is 0.579. The van der Waals surface area contributed by atoms with Crippen LogP contribution in [0.3, 0.4) is 0 Å². The van der Waals surface area contributed by atoms with Crippen LogP contribution in [0.25, 0.3) is 0 Å². The molecule has 1 rings (SSSR count). The molecule has 0 spiro atoms. The molecule has 0 heterocycles. The van der Waals surface area contributed by atoms with Gasteiger partial charge in [0.25, 0.3) is 0 Å². The molecular formula is C17H29NO. The molecule has 19 heavy (non-hydrogen) atoms. The second-order valence-electron chi connectivity index (χ2n) is 5.33. The van der Waals surface area contributed by atoms with Crippen LogP contribution in [0.2, 0.25) is 0 Å². The third-order valence-corrected chi connectivity index (χ3v) is 3.44. The lowest BCUT2D eigenvalue weighted by molar-refractivity contribution is 0.268. The van der Waals surface area contributed by atoms with E-state index in [1.165, 1.54) is 19.3 Å². The Kier molecular flexibility index (Phi) is 8.31. The Morgan fingerprint density at radius 2 is 1.84 bits per heavy atom. The second kappa shape index (κ2) is 9.85. The number of benzene rings is 1. The Morgan fingerprint density at radius 1 is 1.11 bits per heavy atom. The third kappa shape index (κ3) is 7.22. The molecule has 0 saturated carbocycles. The number of para-hydroxylation sites is 1. The summed E-state index contributed by atoms with van der Waals surface area (Å²) < 4.78 is 5.78. The Morgan fingerprint density at radius 3 is 2.47 bits per heavy atom. The number of hydrogen-bond acceptors (Lipinski definition) is 2. The van der Waals surface area contributed by atoms with E-state index in [-0.39, 0.29) is 0 Å². The summed E-state index contributed by atoms with van der Waals surface area (Å²) in [6, 6.07) is 10.7. The highest BCUT2D eigenvalue weighted by molar-refractivity contribution is 5.20. The molecule has 0 aromatic heterocycles. The van der Waals surface area contributed by atoms with Gasteiger partial charge in [-0.3, -0.25) is 0 Å². The summed E-state index contributed by atoms with van der Waals surface area (Å²) in [5.74, 6) is 1.77. The van der Waals surface area contributed by atoms with E-state index in [9.17, 15) is 0 Å². The fourth-order valence-corrected chi connectivity index (χ4v) is 2.52. The van der Waals surface area contributed by atoms with Crippen molar-refractivity contribution in [3.63, 3.8) is 0 Å². The normalized spacial score (nSPS) is 14.1. The summed E-state index contributed by atoms with van der Waals surface area (Å²) in [5.41, 5.74) is 0. The smallest absolute Gasteiger partial charge is 0.119 e. The molecule has 2 heteroatoms. The molecule has 0 aliphatic carbocycles. The number of ether oxygens (including phenoxy) is 1. The largest absolute Gasteiger partial charge is 0.494 e. The van der Waals surface area contributed by atoms with Crippen LogP contribution in [-0.2, 0) is 0 Å². The highest BCUT2D eigenvalue weighted by atomic mass is 16.5. The SMILES string of the molecule is CCCC(C)CC(CCOc1ccccc1)NCC. The van der Waals surface area contributed by atoms with Crippen molar-refractivity contribution in [3.8, 4) is 5.75 Å². The quantitative estimate of drug-likeness (QED) is 0.681. The average Bonchev–Trinajstić information content (AvgIpc) is 2.40. The molecule has 0 radical (unpaired) electrons. The summed E-state index contributed by atoms with van der Waals surface area (Å²) in [6.07, 6.45) is 4.93. The van der Waals surface area contributed by atoms with E-state index in [1.54, 1.807) is 0 Å². The highest BCUT2D eigenvalue weighted by Gasteiger charge is 2.12. The van der Waals surface area contributed by atoms with Gasteiger partial charge in [0.2, 0.25) is 0 Å². The van der Waals surface area contributed by atoms with Crippen LogP contribution in [0, 0.1) is 5.92 Å². The Hall–Kier alpha value is -1.02. The van der Waals surface area contributed by atoms with Gasteiger partial charge in [-0.1, -0.05) is 51.8 Å². The summed E-state index contributed by atoms with van der Waals surface area (Å²) >= 11 is 0. The maximum atomic E-state index is 5.78. The second-order valence-corrected chi connectivity index (χ2v) is 5.33. The average molecular weight is 263 g/mol. The van der Waals surface area contributed by atoms with E-state index in [0.717, 1.165) is 31.2 Å². The predicted octanol–water partition coefficient (Wildman–Crippen LogP) is 4.26. The first-order valence-electron chi connectivity index (χ1n) is 7.67. The Balaban J connectivity index is 2.28. The van der Waals surface area contributed by atoms with Crippen LogP contribution in [0.5, 0.6) is 5.75 Å². The van der Waals surface area contributed by atoms with Crippen LogP contribution >= 0.6 is 0 Å². The third-order valence-electron chi connectivity index (χ3n) is 3.44. The molecule has 1 N–H and O–H groups in total. The van der Waals surface area contributed by atoms with E-state index >= 15 is 0 Å². The van der Waals surface area contributed by atoms with Gasteiger partial charge in [0.15, 0.2) is 0 Å². The fourth-order valence-electron chi connectivity index (χ4n) is 2.52. The van der Waals surface area contributed by atoms with Crippen molar-refractivity contribution >= 4 is 0 Å². The van der Waals surface area contributed by atoms with Crippen LogP contribution in [0.4, 0.5) is 0 Å². The van der Waals surface area contributed by atoms with Crippen LogP contribution in [0.15, 0.2) is 30.3 Å². The van der Waals surface area contributed by atoms with Gasteiger partial charge >= 0.3 is 0 Å². The molecule has 2 unspecified atom stereocenters. The molecule has 0 bridgehead atoms. The van der Waals surface area contributed by atoms with Gasteiger partial charge in [-0.25, -0.2) is 0 Å². The monoisotopic (exact) mass is 263 g/mol. The molecule has 1 aromatic carbocycles. The van der Waals surface area contributed by atoms with E-state index in [0.29, 0.717) is 6.04 Å². The van der Waals surface area contributed by atoms with Crippen molar-refractivity contribution in [1.82, 2.24) is 5.32 Å². The van der Waals surface area contributed by atoms with Crippen LogP contribution < -0.4 is 10.1 Å². The lowest BCUT2D eigenvalue weighted by atomic mass is 9.96. The first-order valence-corrected chi connectivity index (χ1v) is 7.67. The molecule has 2 atom stereocenters. The molecule has 0 aliphatic rings. The Bertz CT molecular complexity index is 312. The van der Waals surface area contributed by atoms with Gasteiger partial charge < -0.3 is 10.1 Å². The van der Waals surface area contributed by atoms with E-state index in [1.807, 2.05) is 30.3 Å². The van der Waals surface area contributed by atoms with Gasteiger partial charge in [-0.15, -0.1) is 0 Å². The molecular weight excluding hydrogens is 234 g/mol. The minimum atomic E-state index is 0.579. The van der Waals surface area contributed by atoms with E-state index < -0.39 is 0 Å². The first-order chi connectivity index (χ1) is 9.26. The molecule has 0 fully saturated rings. The van der Waals surface area contributed by atoms with Crippen molar-refractivity contribution in [3.05, 3.63) is 30.3 Å². The maximum absolute atomic E-state index is 5.78. The highest BCUT2D eigenvalue weighted by Crippen LogP contribution is 2.15. The Labute approximate surface area is 118 Å². The first kappa shape index (κ1) is 16.0. The van der Waals surface area contributed by atoms with Gasteiger partial charge in [0.05, 0.1) is 6.61 Å². The minimum Gasteiger partial charge on any atom is -0.494 e. The molecule has 108 valence electrons. The van der Waals surface area contributed by atoms with Gasteiger partial charge in [-0.2, -0.15) is 0 Å². The van der Waals surface area contributed by atoms with E-state index in [4.69, 9.17) is 4.74 Å². The summed E-state index contributed by atoms with van der Waals surface area (Å²) in [6.45, 7) is 8.62. The maximum Gasteiger partial charge on any atom is 0.119 e. The fraction of sp³-hybridized carbons (Fsp3) is 0.647. The van der Waals surface area contributed by atoms with Crippen molar-refractivity contribution in [2.75, 3.05) is 13.2 Å². The summed E-state index contributed by atoms with van der Waals surface area (Å²) in [4.78, 5) is 0. The van der Waals surface area contributed by atoms with Gasteiger partial charge in [0.1, 0.15) is 5.75 Å². The standard InChI is InChI=1S/C17H29NO/c1-4-9-15(3)14-16(18-5-2)12-13-19-17-10-7-6-8-11-17/h6-8,10-11,15-16,18H,4-5,9,12-14H2,1-3H3. The zero-order chi connectivity index (χ0) is 13.9. The van der Waals surface area contributed by atoms with Crippen molar-refractivity contribution in [2.24, 2.45) is 5.92 Å². The molecule has 0 aliphatic heterocycles.